The minimum Gasteiger partial charge on any atom is -0.491 e. The number of ether oxygens (including phenoxy) is 6. The van der Waals surface area contributed by atoms with Crippen LogP contribution in [0, 0.1) is 34.0 Å². The average Bonchev–Trinajstić information content (AvgIpc) is 1.60. The molecule has 0 bridgehead atoms. The van der Waals surface area contributed by atoms with Gasteiger partial charge in [-0.05, 0) is 93.6 Å². The lowest BCUT2D eigenvalue weighted by atomic mass is 10.0. The van der Waals surface area contributed by atoms with Crippen molar-refractivity contribution in [2.75, 3.05) is 93.1 Å². The number of rotatable bonds is 24. The number of hydrogen-bond acceptors (Lipinski definition) is 27. The Morgan fingerprint density at radius 1 is 0.402 bits per heavy atom. The highest BCUT2D eigenvalue weighted by Gasteiger charge is 2.49. The summed E-state index contributed by atoms with van der Waals surface area (Å²) in [6.45, 7) is 9.56. The molecule has 9 amide bonds. The van der Waals surface area contributed by atoms with E-state index in [1.54, 1.807) is 20.8 Å². The number of benzene rings is 3. The second-order valence-electron chi connectivity index (χ2n) is 22.4. The van der Waals surface area contributed by atoms with E-state index >= 15 is 0 Å². The molecule has 0 radical (unpaired) electrons. The molecule has 6 aromatic rings. The number of anilines is 3. The molecule has 1 unspecified atom stereocenters. The predicted molar refractivity (Wildman–Crippen MR) is 361 cm³/mol. The average molecular weight is 1460 g/mol. The second-order valence-corrected chi connectivity index (χ2v) is 29.0. The molecule has 6 heterocycles. The Kier molecular flexibility index (Phi) is 24.2. The second kappa shape index (κ2) is 31.9. The van der Waals surface area contributed by atoms with Crippen molar-refractivity contribution < 1.29 is 96.8 Å². The van der Waals surface area contributed by atoms with Crippen LogP contribution >= 0.6 is 0 Å². The van der Waals surface area contributed by atoms with Crippen LogP contribution in [0.4, 0.5) is 17.1 Å². The monoisotopic (exact) mass is 1460 g/mol. The van der Waals surface area contributed by atoms with E-state index in [1.807, 2.05) is 18.2 Å². The van der Waals surface area contributed by atoms with Crippen LogP contribution in [0.3, 0.4) is 0 Å². The first-order valence-corrected chi connectivity index (χ1v) is 36.5. The number of sulfone groups is 3. The Labute approximate surface area is 585 Å². The van der Waals surface area contributed by atoms with Crippen LogP contribution in [0.15, 0.2) is 72.8 Å². The summed E-state index contributed by atoms with van der Waals surface area (Å²) < 4.78 is 106. The summed E-state index contributed by atoms with van der Waals surface area (Å²) in [5.74, 6) is -7.47. The lowest BCUT2D eigenvalue weighted by Gasteiger charge is -2.26. The minimum atomic E-state index is -3.72. The van der Waals surface area contributed by atoms with Crippen LogP contribution in [0.1, 0.15) is 156 Å². The maximum absolute atomic E-state index is 13.5. The Morgan fingerprint density at radius 3 is 0.814 bits per heavy atom. The van der Waals surface area contributed by atoms with Gasteiger partial charge in [-0.15, -0.1) is 0 Å². The summed E-state index contributed by atoms with van der Waals surface area (Å²) in [6, 6.07) is 18.3. The summed E-state index contributed by atoms with van der Waals surface area (Å²) in [6.07, 6.45) is 2.90. The van der Waals surface area contributed by atoms with Gasteiger partial charge in [0.25, 0.3) is 53.1 Å². The molecule has 9 rings (SSSR count). The van der Waals surface area contributed by atoms with Crippen molar-refractivity contribution in [3.05, 3.63) is 140 Å². The number of fused-ring (bicyclic) bond motifs is 3. The third kappa shape index (κ3) is 17.0. The van der Waals surface area contributed by atoms with Gasteiger partial charge in [0.15, 0.2) is 17.2 Å². The molecule has 3 N–H and O–H groups in total. The standard InChI is InChI=1S/3C22H22N4O7S/c3*1-5-33-20-17(32-3)9-8-14(25-20)16(11-34(4,30)31)26-21(28)18-13(10-23)6-7-15(24-12(2)27)19(18)22(26)29/h3*6-9,16H,5,11H2,1-4H3,(H,24,27)/t2*16-;/m10./s1. The first-order chi connectivity index (χ1) is 48.0. The Balaban J connectivity index is 0.000000214. The number of carbonyl (C=O) groups is 9. The predicted octanol–water partition coefficient (Wildman–Crippen LogP) is 5.10. The number of carbonyl (C=O) groups excluding carboxylic acids is 9. The van der Waals surface area contributed by atoms with Crippen LogP contribution in [0.5, 0.6) is 34.9 Å². The van der Waals surface area contributed by atoms with Crippen LogP contribution in [0.25, 0.3) is 0 Å². The topological polar surface area (TPSA) is 467 Å². The zero-order valence-electron chi connectivity index (χ0n) is 56.7. The number of nitriles is 3. The number of nitrogens with one attached hydrogen (secondary N) is 3. The van der Waals surface area contributed by atoms with Crippen LogP contribution in [0.2, 0.25) is 0 Å². The van der Waals surface area contributed by atoms with Crippen LogP contribution < -0.4 is 44.4 Å². The third-order valence-electron chi connectivity index (χ3n) is 14.9. The Hall–Kier alpha value is -11.9. The van der Waals surface area contributed by atoms with E-state index in [1.165, 1.54) is 115 Å². The van der Waals surface area contributed by atoms with E-state index in [9.17, 15) is 84.2 Å². The molecule has 0 saturated heterocycles. The highest BCUT2D eigenvalue weighted by Crippen LogP contribution is 2.43. The fraction of sp³-hybridized carbons (Fsp3) is 0.318. The molecule has 3 aliphatic heterocycles. The number of pyridine rings is 3. The lowest BCUT2D eigenvalue weighted by molar-refractivity contribution is -0.115. The number of hydrogen-bond donors (Lipinski definition) is 3. The molecule has 36 heteroatoms. The molecule has 3 aromatic heterocycles. The van der Waals surface area contributed by atoms with Gasteiger partial charge in [-0.1, -0.05) is 0 Å². The first kappa shape index (κ1) is 77.4. The lowest BCUT2D eigenvalue weighted by Crippen LogP contribution is -2.38. The van der Waals surface area contributed by atoms with Gasteiger partial charge in [-0.25, -0.2) is 40.2 Å². The van der Waals surface area contributed by atoms with Gasteiger partial charge in [-0.2, -0.15) is 15.8 Å². The van der Waals surface area contributed by atoms with Crippen molar-refractivity contribution in [1.82, 2.24) is 29.7 Å². The minimum absolute atomic E-state index is 0.0400. The maximum atomic E-state index is 13.5. The van der Waals surface area contributed by atoms with E-state index in [-0.39, 0.29) is 139 Å². The van der Waals surface area contributed by atoms with Crippen molar-refractivity contribution in [2.45, 2.75) is 59.7 Å². The van der Waals surface area contributed by atoms with E-state index in [0.29, 0.717) is 0 Å². The fourth-order valence-electron chi connectivity index (χ4n) is 11.0. The molecule has 0 fully saturated rings. The summed E-state index contributed by atoms with van der Waals surface area (Å²) >= 11 is 0. The van der Waals surface area contributed by atoms with Crippen molar-refractivity contribution in [2.24, 2.45) is 0 Å². The molecule has 3 aliphatic rings. The third-order valence-corrected chi connectivity index (χ3v) is 17.7. The summed E-state index contributed by atoms with van der Waals surface area (Å²) in [7, 11) is -6.94. The number of methoxy groups -OCH3 is 3. The van der Waals surface area contributed by atoms with Gasteiger partial charge in [-0.3, -0.25) is 57.9 Å². The van der Waals surface area contributed by atoms with Gasteiger partial charge in [0.1, 0.15) is 29.5 Å². The van der Waals surface area contributed by atoms with E-state index in [2.05, 4.69) is 30.9 Å². The summed E-state index contributed by atoms with van der Waals surface area (Å²) in [5.41, 5.74) is -1.10. The molecule has 0 aliphatic carbocycles. The van der Waals surface area contributed by atoms with Gasteiger partial charge < -0.3 is 44.4 Å². The van der Waals surface area contributed by atoms with Gasteiger partial charge >= 0.3 is 0 Å². The van der Waals surface area contributed by atoms with E-state index in [0.717, 1.165) is 33.5 Å². The number of nitrogens with zero attached hydrogens (tertiary/aromatic N) is 9. The van der Waals surface area contributed by atoms with Crippen molar-refractivity contribution in [3.63, 3.8) is 0 Å². The van der Waals surface area contributed by atoms with Crippen molar-refractivity contribution in [3.8, 4) is 53.1 Å². The van der Waals surface area contributed by atoms with Crippen molar-refractivity contribution >= 4 is 99.7 Å². The molecule has 0 spiro atoms. The zero-order chi connectivity index (χ0) is 75.6. The van der Waals surface area contributed by atoms with Gasteiger partial charge in [0.05, 0.1) is 179 Å². The molecule has 3 aromatic carbocycles. The number of imide groups is 3. The van der Waals surface area contributed by atoms with Crippen LogP contribution in [-0.4, -0.2) is 185 Å². The summed E-state index contributed by atoms with van der Waals surface area (Å²) in [5, 5.41) is 35.9. The molecule has 0 saturated carbocycles. The molecular weight excluding hydrogens is 1390 g/mol. The normalized spacial score (nSPS) is 13.8. The smallest absolute Gasteiger partial charge is 0.264 e. The molecular formula is C66H66N12O21S3. The highest BCUT2D eigenvalue weighted by atomic mass is 32.2. The molecule has 102 heavy (non-hydrogen) atoms. The zero-order valence-corrected chi connectivity index (χ0v) is 59.2. The Bertz CT molecular complexity index is 4480. The van der Waals surface area contributed by atoms with E-state index in [4.69, 9.17) is 28.4 Å². The molecule has 3 atom stereocenters. The molecule has 33 nitrogen and oxygen atoms in total. The number of aromatic nitrogens is 3. The SMILES string of the molecule is CCOc1nc(C(CS(C)(=O)=O)N2C(=O)c3c(C#N)ccc(NC(C)=O)c3C2=O)ccc1OC.CCOc1nc([C@@H](CS(C)(=O)=O)N2C(=O)c3c(C#N)ccc(NC(C)=O)c3C2=O)ccc1OC.CCOc1nc([C@H](CS(C)(=O)=O)N2C(=O)c3c(C#N)ccc(NC(C)=O)c3C2=O)ccc1OC. The number of amides is 9. The largest absolute Gasteiger partial charge is 0.491 e. The Morgan fingerprint density at radius 2 is 0.627 bits per heavy atom. The first-order valence-electron chi connectivity index (χ1n) is 30.3. The highest BCUT2D eigenvalue weighted by molar-refractivity contribution is 7.91. The van der Waals surface area contributed by atoms with E-state index < -0.39 is 118 Å². The maximum Gasteiger partial charge on any atom is 0.264 e. The fourth-order valence-corrected chi connectivity index (χ4v) is 13.6. The quantitative estimate of drug-likeness (QED) is 0.0663. The van der Waals surface area contributed by atoms with Gasteiger partial charge in [0, 0.05) is 39.5 Å². The van der Waals surface area contributed by atoms with Crippen molar-refractivity contribution in [1.29, 1.82) is 15.8 Å². The van der Waals surface area contributed by atoms with Crippen LogP contribution in [-0.2, 0) is 43.9 Å². The molecule has 534 valence electrons. The van der Waals surface area contributed by atoms with Gasteiger partial charge in [0.2, 0.25) is 17.7 Å². The summed E-state index contributed by atoms with van der Waals surface area (Å²) in [4.78, 5) is 131.